The van der Waals surface area contributed by atoms with E-state index in [0.717, 1.165) is 31.5 Å². The molecule has 106 valence electrons. The van der Waals surface area contributed by atoms with Crippen LogP contribution in [0, 0.1) is 5.92 Å². The topological polar surface area (TPSA) is 32.3 Å². The Morgan fingerprint density at radius 3 is 2.72 bits per heavy atom. The molecule has 2 aliphatic rings. The molecular formula is C14H28N2OS. The van der Waals surface area contributed by atoms with Crippen LogP contribution in [0.15, 0.2) is 0 Å². The highest BCUT2D eigenvalue weighted by Crippen LogP contribution is 2.34. The van der Waals surface area contributed by atoms with Crippen molar-refractivity contribution < 1.29 is 4.21 Å². The van der Waals surface area contributed by atoms with E-state index < -0.39 is 10.8 Å². The zero-order chi connectivity index (χ0) is 13.1. The minimum Gasteiger partial charge on any atom is -0.311 e. The molecule has 0 aromatic carbocycles. The lowest BCUT2D eigenvalue weighted by atomic mass is 10.0. The van der Waals surface area contributed by atoms with Gasteiger partial charge in [-0.05, 0) is 38.1 Å². The molecule has 4 heteroatoms. The van der Waals surface area contributed by atoms with E-state index in [1.807, 2.05) is 6.26 Å². The summed E-state index contributed by atoms with van der Waals surface area (Å²) in [6.07, 6.45) is 6.94. The van der Waals surface area contributed by atoms with E-state index in [9.17, 15) is 4.21 Å². The van der Waals surface area contributed by atoms with Crippen molar-refractivity contribution >= 4 is 10.8 Å². The Morgan fingerprint density at radius 1 is 1.44 bits per heavy atom. The highest BCUT2D eigenvalue weighted by molar-refractivity contribution is 7.84. The molecule has 0 bridgehead atoms. The van der Waals surface area contributed by atoms with Crippen LogP contribution in [0.2, 0.25) is 0 Å². The van der Waals surface area contributed by atoms with Crippen molar-refractivity contribution in [2.24, 2.45) is 5.92 Å². The van der Waals surface area contributed by atoms with Gasteiger partial charge >= 0.3 is 0 Å². The number of piperazine rings is 1. The molecule has 0 aromatic rings. The van der Waals surface area contributed by atoms with Crippen molar-refractivity contribution in [2.75, 3.05) is 25.9 Å². The maximum absolute atomic E-state index is 11.4. The molecule has 2 fully saturated rings. The predicted octanol–water partition coefficient (Wildman–Crippen LogP) is 1.61. The molecule has 0 aromatic heterocycles. The average Bonchev–Trinajstić information content (AvgIpc) is 3.19. The Bertz CT molecular complexity index is 294. The maximum Gasteiger partial charge on any atom is 0.0329 e. The van der Waals surface area contributed by atoms with Gasteiger partial charge in [0, 0.05) is 47.5 Å². The van der Waals surface area contributed by atoms with E-state index in [1.54, 1.807) is 0 Å². The first-order valence-corrected chi connectivity index (χ1v) is 9.03. The third-order valence-corrected chi connectivity index (χ3v) is 5.98. The van der Waals surface area contributed by atoms with Gasteiger partial charge in [-0.15, -0.1) is 0 Å². The number of rotatable bonds is 6. The summed E-state index contributed by atoms with van der Waals surface area (Å²) in [7, 11) is -0.675. The van der Waals surface area contributed by atoms with Crippen LogP contribution in [-0.4, -0.2) is 52.3 Å². The van der Waals surface area contributed by atoms with Crippen molar-refractivity contribution in [1.82, 2.24) is 10.2 Å². The van der Waals surface area contributed by atoms with Gasteiger partial charge in [0.2, 0.25) is 0 Å². The number of nitrogens with one attached hydrogen (secondary N) is 1. The van der Waals surface area contributed by atoms with E-state index in [1.165, 1.54) is 25.8 Å². The normalized spacial score (nSPS) is 33.3. The molecule has 1 aliphatic heterocycles. The Labute approximate surface area is 114 Å². The minimum absolute atomic E-state index is 0.330. The van der Waals surface area contributed by atoms with Crippen LogP contribution in [0.1, 0.15) is 39.5 Å². The van der Waals surface area contributed by atoms with Crippen LogP contribution in [0.4, 0.5) is 0 Å². The maximum atomic E-state index is 11.4. The Morgan fingerprint density at radius 2 is 2.17 bits per heavy atom. The molecule has 2 rings (SSSR count). The zero-order valence-corrected chi connectivity index (χ0v) is 12.8. The molecule has 4 atom stereocenters. The van der Waals surface area contributed by atoms with Crippen molar-refractivity contribution in [3.8, 4) is 0 Å². The van der Waals surface area contributed by atoms with Crippen LogP contribution in [-0.2, 0) is 10.8 Å². The summed E-state index contributed by atoms with van der Waals surface area (Å²) in [5.41, 5.74) is 0. The van der Waals surface area contributed by atoms with Gasteiger partial charge in [0.15, 0.2) is 0 Å². The van der Waals surface area contributed by atoms with Crippen molar-refractivity contribution in [1.29, 1.82) is 0 Å². The van der Waals surface area contributed by atoms with Gasteiger partial charge in [0.1, 0.15) is 0 Å². The fourth-order valence-corrected chi connectivity index (χ4v) is 3.32. The molecule has 0 radical (unpaired) electrons. The number of nitrogens with zero attached hydrogens (tertiary/aromatic N) is 1. The first-order chi connectivity index (χ1) is 8.61. The van der Waals surface area contributed by atoms with Gasteiger partial charge in [-0.3, -0.25) is 9.11 Å². The molecule has 1 N–H and O–H groups in total. The second-order valence-electron chi connectivity index (χ2n) is 6.01. The Kier molecular flexibility index (Phi) is 5.22. The molecule has 4 unspecified atom stereocenters. The smallest absolute Gasteiger partial charge is 0.0329 e. The molecule has 0 spiro atoms. The van der Waals surface area contributed by atoms with E-state index >= 15 is 0 Å². The van der Waals surface area contributed by atoms with E-state index in [0.29, 0.717) is 11.3 Å². The Hall–Kier alpha value is 0.0700. The van der Waals surface area contributed by atoms with Gasteiger partial charge in [-0.2, -0.15) is 0 Å². The average molecular weight is 272 g/mol. The molecule has 0 amide bonds. The summed E-state index contributed by atoms with van der Waals surface area (Å²) in [6, 6.07) is 1.40. The lowest BCUT2D eigenvalue weighted by molar-refractivity contribution is 0.118. The van der Waals surface area contributed by atoms with E-state index in [-0.39, 0.29) is 0 Å². The fraction of sp³-hybridized carbons (Fsp3) is 1.00. The second kappa shape index (κ2) is 6.49. The first kappa shape index (κ1) is 14.5. The highest BCUT2D eigenvalue weighted by atomic mass is 32.2. The number of hydrogen-bond acceptors (Lipinski definition) is 3. The van der Waals surface area contributed by atoms with Gasteiger partial charge in [-0.25, -0.2) is 0 Å². The standard InChI is InChI=1S/C14H28N2OS/c1-4-13-9-15-14(12-5-6-12)10-16(13)8-7-11(2)18(3)17/h11-15H,4-10H2,1-3H3. The first-order valence-electron chi connectivity index (χ1n) is 7.41. The molecule has 3 nitrogen and oxygen atoms in total. The van der Waals surface area contributed by atoms with Crippen molar-refractivity contribution in [3.05, 3.63) is 0 Å². The highest BCUT2D eigenvalue weighted by Gasteiger charge is 2.36. The van der Waals surface area contributed by atoms with Crippen LogP contribution in [0.3, 0.4) is 0 Å². The van der Waals surface area contributed by atoms with Gasteiger partial charge in [0.05, 0.1) is 0 Å². The van der Waals surface area contributed by atoms with E-state index in [2.05, 4.69) is 24.1 Å². The van der Waals surface area contributed by atoms with Crippen molar-refractivity contribution in [2.45, 2.75) is 56.9 Å². The summed E-state index contributed by atoms with van der Waals surface area (Å²) in [4.78, 5) is 2.64. The van der Waals surface area contributed by atoms with Gasteiger partial charge in [0.25, 0.3) is 0 Å². The lowest BCUT2D eigenvalue weighted by Crippen LogP contribution is -2.57. The summed E-state index contributed by atoms with van der Waals surface area (Å²) < 4.78 is 11.4. The zero-order valence-electron chi connectivity index (χ0n) is 12.0. The molecule has 18 heavy (non-hydrogen) atoms. The largest absolute Gasteiger partial charge is 0.311 e. The summed E-state index contributed by atoms with van der Waals surface area (Å²) in [5, 5.41) is 4.05. The molecular weight excluding hydrogens is 244 g/mol. The summed E-state index contributed by atoms with van der Waals surface area (Å²) in [6.45, 7) is 7.84. The summed E-state index contributed by atoms with van der Waals surface area (Å²) >= 11 is 0. The molecule has 1 saturated heterocycles. The Balaban J connectivity index is 1.83. The van der Waals surface area contributed by atoms with Crippen LogP contribution < -0.4 is 5.32 Å². The third kappa shape index (κ3) is 3.78. The lowest BCUT2D eigenvalue weighted by Gasteiger charge is -2.40. The SMILES string of the molecule is CCC1CNC(C2CC2)CN1CCC(C)S(C)=O. The minimum atomic E-state index is -0.675. The van der Waals surface area contributed by atoms with Crippen molar-refractivity contribution in [3.63, 3.8) is 0 Å². The molecule has 1 aliphatic carbocycles. The van der Waals surface area contributed by atoms with Crippen LogP contribution in [0.25, 0.3) is 0 Å². The van der Waals surface area contributed by atoms with Crippen LogP contribution >= 0.6 is 0 Å². The predicted molar refractivity (Wildman–Crippen MR) is 78.3 cm³/mol. The fourth-order valence-electron chi connectivity index (χ4n) is 2.89. The summed E-state index contributed by atoms with van der Waals surface area (Å²) in [5.74, 6) is 0.933. The van der Waals surface area contributed by atoms with Crippen LogP contribution in [0.5, 0.6) is 0 Å². The van der Waals surface area contributed by atoms with Gasteiger partial charge in [-0.1, -0.05) is 13.8 Å². The van der Waals surface area contributed by atoms with E-state index in [4.69, 9.17) is 0 Å². The monoisotopic (exact) mass is 272 g/mol. The molecule has 1 saturated carbocycles. The van der Waals surface area contributed by atoms with Gasteiger partial charge < -0.3 is 5.32 Å². The second-order valence-corrected chi connectivity index (χ2v) is 7.81. The number of hydrogen-bond donors (Lipinski definition) is 1. The molecule has 1 heterocycles. The quantitative estimate of drug-likeness (QED) is 0.797. The third-order valence-electron chi connectivity index (χ3n) is 4.62.